The van der Waals surface area contributed by atoms with Crippen molar-refractivity contribution in [1.82, 2.24) is 4.90 Å². The van der Waals surface area contributed by atoms with E-state index in [4.69, 9.17) is 4.74 Å². The zero-order valence-electron chi connectivity index (χ0n) is 9.79. The lowest BCUT2D eigenvalue weighted by molar-refractivity contribution is 0.340. The van der Waals surface area contributed by atoms with Gasteiger partial charge in [0.05, 0.1) is 6.61 Å². The Morgan fingerprint density at radius 3 is 2.80 bits per heavy atom. The molecule has 0 saturated carbocycles. The molecule has 1 aromatic rings. The van der Waals surface area contributed by atoms with Crippen LogP contribution in [0, 0.1) is 0 Å². The minimum atomic E-state index is 0.709. The predicted octanol–water partition coefficient (Wildman–Crippen LogP) is 2.06. The molecule has 0 amide bonds. The molecule has 0 aliphatic heterocycles. The van der Waals surface area contributed by atoms with Crippen molar-refractivity contribution in [2.75, 3.05) is 39.1 Å². The van der Waals surface area contributed by atoms with Gasteiger partial charge in [0, 0.05) is 24.8 Å². The van der Waals surface area contributed by atoms with Crippen molar-refractivity contribution in [3.8, 4) is 5.75 Å². The van der Waals surface area contributed by atoms with Gasteiger partial charge in [0.2, 0.25) is 0 Å². The van der Waals surface area contributed by atoms with Crippen molar-refractivity contribution in [1.29, 1.82) is 0 Å². The fourth-order valence-electron chi connectivity index (χ4n) is 1.29. The Hall–Kier alpha value is -1.22. The summed E-state index contributed by atoms with van der Waals surface area (Å²) in [6.45, 7) is 4.68. The lowest BCUT2D eigenvalue weighted by Crippen LogP contribution is -2.20. The second kappa shape index (κ2) is 6.30. The molecule has 0 bridgehead atoms. The summed E-state index contributed by atoms with van der Waals surface area (Å²) < 4.78 is 5.42. The van der Waals surface area contributed by atoms with Crippen molar-refractivity contribution in [3.63, 3.8) is 0 Å². The van der Waals surface area contributed by atoms with Crippen LogP contribution in [0.15, 0.2) is 24.3 Å². The van der Waals surface area contributed by atoms with Gasteiger partial charge >= 0.3 is 0 Å². The number of benzene rings is 1. The van der Waals surface area contributed by atoms with E-state index >= 15 is 0 Å². The van der Waals surface area contributed by atoms with Crippen LogP contribution in [0.4, 0.5) is 5.69 Å². The molecule has 0 saturated heterocycles. The van der Waals surface area contributed by atoms with Gasteiger partial charge in [-0.05, 0) is 33.2 Å². The smallest absolute Gasteiger partial charge is 0.121 e. The number of hydrogen-bond acceptors (Lipinski definition) is 3. The van der Waals surface area contributed by atoms with E-state index < -0.39 is 0 Å². The van der Waals surface area contributed by atoms with Crippen LogP contribution in [0.3, 0.4) is 0 Å². The summed E-state index contributed by atoms with van der Waals surface area (Å²) in [6, 6.07) is 8.06. The first kappa shape index (κ1) is 11.9. The number of nitrogens with one attached hydrogen (secondary N) is 1. The fraction of sp³-hybridized carbons (Fsp3) is 0.500. The number of nitrogens with zero attached hydrogens (tertiary/aromatic N) is 1. The molecule has 0 unspecified atom stereocenters. The standard InChI is InChI=1S/C12H20N2O/c1-4-15-12-7-5-6-11(10-12)13-8-9-14(2)3/h5-7,10,13H,4,8-9H2,1-3H3. The molecule has 0 atom stereocenters. The first-order valence-electron chi connectivity index (χ1n) is 5.34. The van der Waals surface area contributed by atoms with Crippen LogP contribution in [0.2, 0.25) is 0 Å². The highest BCUT2D eigenvalue weighted by atomic mass is 16.5. The monoisotopic (exact) mass is 208 g/mol. The van der Waals surface area contributed by atoms with Gasteiger partial charge in [0.25, 0.3) is 0 Å². The molecule has 0 aliphatic carbocycles. The summed E-state index contributed by atoms with van der Waals surface area (Å²) in [5.41, 5.74) is 1.11. The molecule has 0 radical (unpaired) electrons. The maximum absolute atomic E-state index is 5.42. The maximum Gasteiger partial charge on any atom is 0.121 e. The number of ether oxygens (including phenoxy) is 1. The van der Waals surface area contributed by atoms with Crippen LogP contribution in [0.1, 0.15) is 6.92 Å². The number of likely N-dealkylation sites (N-methyl/N-ethyl adjacent to an activating group) is 1. The van der Waals surface area contributed by atoms with E-state index in [2.05, 4.69) is 30.4 Å². The first-order valence-corrected chi connectivity index (χ1v) is 5.34. The van der Waals surface area contributed by atoms with Crippen molar-refractivity contribution in [3.05, 3.63) is 24.3 Å². The Labute approximate surface area is 92.0 Å². The van der Waals surface area contributed by atoms with E-state index in [1.54, 1.807) is 0 Å². The fourth-order valence-corrected chi connectivity index (χ4v) is 1.29. The van der Waals surface area contributed by atoms with E-state index in [1.165, 1.54) is 0 Å². The van der Waals surface area contributed by atoms with Gasteiger partial charge in [-0.2, -0.15) is 0 Å². The SMILES string of the molecule is CCOc1cccc(NCCN(C)C)c1. The zero-order valence-corrected chi connectivity index (χ0v) is 9.79. The van der Waals surface area contributed by atoms with Gasteiger partial charge in [-0.3, -0.25) is 0 Å². The molecule has 3 heteroatoms. The molecule has 84 valence electrons. The highest BCUT2D eigenvalue weighted by Crippen LogP contribution is 2.16. The molecular weight excluding hydrogens is 188 g/mol. The largest absolute Gasteiger partial charge is 0.494 e. The minimum Gasteiger partial charge on any atom is -0.494 e. The van der Waals surface area contributed by atoms with E-state index in [1.807, 2.05) is 25.1 Å². The molecule has 1 N–H and O–H groups in total. The van der Waals surface area contributed by atoms with E-state index in [-0.39, 0.29) is 0 Å². The van der Waals surface area contributed by atoms with Crippen LogP contribution in [0.25, 0.3) is 0 Å². The number of hydrogen-bond donors (Lipinski definition) is 1. The third kappa shape index (κ3) is 4.70. The van der Waals surface area contributed by atoms with Gasteiger partial charge in [-0.25, -0.2) is 0 Å². The molecule has 1 rings (SSSR count). The van der Waals surface area contributed by atoms with Crippen molar-refractivity contribution >= 4 is 5.69 Å². The summed E-state index contributed by atoms with van der Waals surface area (Å²) in [4.78, 5) is 2.15. The normalized spacial score (nSPS) is 10.4. The summed E-state index contributed by atoms with van der Waals surface area (Å²) in [6.07, 6.45) is 0. The average molecular weight is 208 g/mol. The topological polar surface area (TPSA) is 24.5 Å². The highest BCUT2D eigenvalue weighted by molar-refractivity contribution is 5.48. The number of anilines is 1. The second-order valence-corrected chi connectivity index (χ2v) is 3.69. The molecule has 0 heterocycles. The number of rotatable bonds is 6. The molecule has 0 aromatic heterocycles. The third-order valence-corrected chi connectivity index (χ3v) is 2.03. The predicted molar refractivity (Wildman–Crippen MR) is 64.7 cm³/mol. The maximum atomic E-state index is 5.42. The quantitative estimate of drug-likeness (QED) is 0.774. The Morgan fingerprint density at radius 1 is 1.33 bits per heavy atom. The molecular formula is C12H20N2O. The molecule has 0 spiro atoms. The van der Waals surface area contributed by atoms with Gasteiger partial charge < -0.3 is 15.0 Å². The minimum absolute atomic E-state index is 0.709. The van der Waals surface area contributed by atoms with Crippen LogP contribution in [-0.2, 0) is 0 Å². The van der Waals surface area contributed by atoms with Crippen LogP contribution in [0.5, 0.6) is 5.75 Å². The third-order valence-electron chi connectivity index (χ3n) is 2.03. The van der Waals surface area contributed by atoms with E-state index in [0.717, 1.165) is 24.5 Å². The summed E-state index contributed by atoms with van der Waals surface area (Å²) in [5.74, 6) is 0.923. The van der Waals surface area contributed by atoms with Crippen molar-refractivity contribution in [2.45, 2.75) is 6.92 Å². The molecule has 0 aliphatic rings. The van der Waals surface area contributed by atoms with Gasteiger partial charge in [-0.1, -0.05) is 6.07 Å². The van der Waals surface area contributed by atoms with Crippen LogP contribution >= 0.6 is 0 Å². The van der Waals surface area contributed by atoms with E-state index in [0.29, 0.717) is 6.61 Å². The summed E-state index contributed by atoms with van der Waals surface area (Å²) >= 11 is 0. The lowest BCUT2D eigenvalue weighted by Gasteiger charge is -2.12. The molecule has 1 aromatic carbocycles. The van der Waals surface area contributed by atoms with Crippen LogP contribution in [-0.4, -0.2) is 38.7 Å². The Morgan fingerprint density at radius 2 is 2.13 bits per heavy atom. The highest BCUT2D eigenvalue weighted by Gasteiger charge is 1.95. The molecule has 3 nitrogen and oxygen atoms in total. The van der Waals surface area contributed by atoms with E-state index in [9.17, 15) is 0 Å². The summed E-state index contributed by atoms with van der Waals surface area (Å²) in [5, 5.41) is 3.35. The van der Waals surface area contributed by atoms with Gasteiger partial charge in [-0.15, -0.1) is 0 Å². The van der Waals surface area contributed by atoms with Gasteiger partial charge in [0.15, 0.2) is 0 Å². The molecule has 0 fully saturated rings. The summed E-state index contributed by atoms with van der Waals surface area (Å²) in [7, 11) is 4.14. The zero-order chi connectivity index (χ0) is 11.1. The first-order chi connectivity index (χ1) is 7.22. The Balaban J connectivity index is 2.43. The Bertz CT molecular complexity index is 287. The van der Waals surface area contributed by atoms with Crippen molar-refractivity contribution in [2.24, 2.45) is 0 Å². The molecule has 15 heavy (non-hydrogen) atoms. The van der Waals surface area contributed by atoms with Crippen molar-refractivity contribution < 1.29 is 4.74 Å². The average Bonchev–Trinajstić information content (AvgIpc) is 2.18. The van der Waals surface area contributed by atoms with Gasteiger partial charge in [0.1, 0.15) is 5.75 Å². The van der Waals surface area contributed by atoms with Crippen LogP contribution < -0.4 is 10.1 Å². The second-order valence-electron chi connectivity index (χ2n) is 3.69. The lowest BCUT2D eigenvalue weighted by atomic mass is 10.3. The Kier molecular flexibility index (Phi) is 4.98.